The average Bonchev–Trinajstić information content (AvgIpc) is 3.37. The highest BCUT2D eigenvalue weighted by Gasteiger charge is 2.41. The molecule has 6 nitrogen and oxygen atoms in total. The van der Waals surface area contributed by atoms with Gasteiger partial charge in [0.25, 0.3) is 5.91 Å². The highest BCUT2D eigenvalue weighted by atomic mass is 35.5. The Morgan fingerprint density at radius 2 is 1.93 bits per heavy atom. The van der Waals surface area contributed by atoms with Gasteiger partial charge in [0.05, 0.1) is 17.4 Å². The van der Waals surface area contributed by atoms with Crippen LogP contribution in [0.2, 0.25) is 5.02 Å². The van der Waals surface area contributed by atoms with Crippen molar-refractivity contribution in [2.24, 2.45) is 0 Å². The molecule has 1 aliphatic heterocycles. The van der Waals surface area contributed by atoms with E-state index in [4.69, 9.17) is 11.6 Å². The number of nitrogens with zero attached hydrogens (tertiary/aromatic N) is 5. The first kappa shape index (κ1) is 19.7. The van der Waals surface area contributed by atoms with Crippen LogP contribution in [0.15, 0.2) is 42.0 Å². The van der Waals surface area contributed by atoms with Crippen LogP contribution in [0.25, 0.3) is 5.69 Å². The molecule has 0 spiro atoms. The van der Waals surface area contributed by atoms with Gasteiger partial charge in [0, 0.05) is 42.8 Å². The molecule has 1 aromatic carbocycles. The average molecular weight is 442 g/mol. The highest BCUT2D eigenvalue weighted by molar-refractivity contribution is 7.13. The Morgan fingerprint density at radius 3 is 2.55 bits per heavy atom. The number of hydrogen-bond donors (Lipinski definition) is 0. The lowest BCUT2D eigenvalue weighted by Crippen LogP contribution is -2.49. The lowest BCUT2D eigenvalue weighted by Gasteiger charge is -2.34. The highest BCUT2D eigenvalue weighted by Crippen LogP contribution is 2.34. The minimum Gasteiger partial charge on any atom is -0.345 e. The summed E-state index contributed by atoms with van der Waals surface area (Å²) >= 11 is 7.38. The molecule has 0 N–H and O–H groups in total. The van der Waals surface area contributed by atoms with Crippen LogP contribution in [0.1, 0.15) is 16.1 Å². The van der Waals surface area contributed by atoms with Crippen molar-refractivity contribution < 1.29 is 18.0 Å². The molecule has 4 rings (SSSR count). The third-order valence-corrected chi connectivity index (χ3v) is 5.64. The molecule has 2 aromatic heterocycles. The van der Waals surface area contributed by atoms with E-state index >= 15 is 0 Å². The molecule has 0 atom stereocenters. The Hall–Kier alpha value is -2.59. The van der Waals surface area contributed by atoms with Gasteiger partial charge in [-0.05, 0) is 18.2 Å². The van der Waals surface area contributed by atoms with Crippen LogP contribution in [0, 0.1) is 0 Å². The van der Waals surface area contributed by atoms with Crippen molar-refractivity contribution in [1.29, 1.82) is 0 Å². The van der Waals surface area contributed by atoms with E-state index in [1.165, 1.54) is 34.4 Å². The number of carbonyl (C=O) groups excluding carboxylic acids is 1. The van der Waals surface area contributed by atoms with Gasteiger partial charge >= 0.3 is 6.18 Å². The number of hydrogen-bond acceptors (Lipinski definition) is 5. The normalized spacial score (nSPS) is 15.0. The first-order chi connectivity index (χ1) is 13.8. The number of amides is 1. The van der Waals surface area contributed by atoms with Crippen LogP contribution in [-0.4, -0.2) is 51.8 Å². The minimum absolute atomic E-state index is 0.137. The van der Waals surface area contributed by atoms with E-state index in [2.05, 4.69) is 10.1 Å². The molecule has 0 aliphatic carbocycles. The van der Waals surface area contributed by atoms with Crippen LogP contribution in [0.3, 0.4) is 0 Å². The van der Waals surface area contributed by atoms with Crippen molar-refractivity contribution in [3.63, 3.8) is 0 Å². The second kappa shape index (κ2) is 7.68. The molecule has 29 heavy (non-hydrogen) atoms. The van der Waals surface area contributed by atoms with Crippen LogP contribution in [-0.2, 0) is 6.18 Å². The van der Waals surface area contributed by atoms with Gasteiger partial charge in [-0.15, -0.1) is 11.3 Å². The van der Waals surface area contributed by atoms with Crippen molar-refractivity contribution in [3.8, 4) is 5.69 Å². The summed E-state index contributed by atoms with van der Waals surface area (Å²) < 4.78 is 42.2. The Bertz CT molecular complexity index is 1010. The van der Waals surface area contributed by atoms with Gasteiger partial charge in [0.2, 0.25) is 0 Å². The molecule has 0 saturated carbocycles. The Kier molecular flexibility index (Phi) is 5.22. The number of thiazole rings is 1. The van der Waals surface area contributed by atoms with E-state index in [0.717, 1.165) is 11.3 Å². The van der Waals surface area contributed by atoms with Gasteiger partial charge in [-0.2, -0.15) is 18.3 Å². The van der Waals surface area contributed by atoms with E-state index in [1.54, 1.807) is 12.3 Å². The predicted octanol–water partition coefficient (Wildman–Crippen LogP) is 3.96. The first-order valence-corrected chi connectivity index (χ1v) is 9.95. The van der Waals surface area contributed by atoms with Crippen LogP contribution in [0.4, 0.5) is 18.3 Å². The second-order valence-electron chi connectivity index (χ2n) is 6.39. The third-order valence-electron chi connectivity index (χ3n) is 4.58. The molecule has 3 aromatic rings. The summed E-state index contributed by atoms with van der Waals surface area (Å²) in [5.74, 6) is -0.690. The summed E-state index contributed by atoms with van der Waals surface area (Å²) in [4.78, 5) is 20.5. The van der Waals surface area contributed by atoms with Crippen LogP contribution < -0.4 is 4.90 Å². The Labute approximate surface area is 173 Å². The van der Waals surface area contributed by atoms with Gasteiger partial charge in [-0.3, -0.25) is 4.79 Å². The van der Waals surface area contributed by atoms with Crippen molar-refractivity contribution in [2.75, 3.05) is 31.1 Å². The van der Waals surface area contributed by atoms with E-state index in [1.807, 2.05) is 10.3 Å². The number of benzene rings is 1. The summed E-state index contributed by atoms with van der Waals surface area (Å²) in [6.07, 6.45) is -2.09. The molecule has 0 unspecified atom stereocenters. The topological polar surface area (TPSA) is 54.3 Å². The maximum atomic E-state index is 13.8. The monoisotopic (exact) mass is 441 g/mol. The van der Waals surface area contributed by atoms with Crippen molar-refractivity contribution in [2.45, 2.75) is 6.18 Å². The zero-order valence-corrected chi connectivity index (χ0v) is 16.5. The zero-order valence-electron chi connectivity index (χ0n) is 14.9. The fourth-order valence-electron chi connectivity index (χ4n) is 3.22. The van der Waals surface area contributed by atoms with Gasteiger partial charge in [0.1, 0.15) is 0 Å². The Morgan fingerprint density at radius 1 is 1.17 bits per heavy atom. The van der Waals surface area contributed by atoms with Crippen molar-refractivity contribution in [3.05, 3.63) is 58.3 Å². The van der Waals surface area contributed by atoms with Gasteiger partial charge < -0.3 is 9.80 Å². The molecule has 0 bridgehead atoms. The lowest BCUT2D eigenvalue weighted by atomic mass is 10.2. The Balaban J connectivity index is 1.61. The van der Waals surface area contributed by atoms with E-state index in [9.17, 15) is 18.0 Å². The lowest BCUT2D eigenvalue weighted by molar-refractivity contribution is -0.143. The number of carbonyl (C=O) groups is 1. The number of anilines is 1. The number of aromatic nitrogens is 3. The van der Waals surface area contributed by atoms with E-state index in [-0.39, 0.29) is 10.7 Å². The molecule has 3 heterocycles. The van der Waals surface area contributed by atoms with E-state index in [0.29, 0.717) is 30.9 Å². The van der Waals surface area contributed by atoms with Crippen LogP contribution in [0.5, 0.6) is 0 Å². The first-order valence-electron chi connectivity index (χ1n) is 8.69. The third kappa shape index (κ3) is 3.95. The summed E-state index contributed by atoms with van der Waals surface area (Å²) in [6, 6.07) is 5.90. The summed E-state index contributed by atoms with van der Waals surface area (Å²) in [5, 5.41) is 6.80. The number of halogens is 4. The molecular formula is C18H15ClF3N5OS. The van der Waals surface area contributed by atoms with Crippen molar-refractivity contribution >= 4 is 34.0 Å². The quantitative estimate of drug-likeness (QED) is 0.617. The fraction of sp³-hybridized carbons (Fsp3) is 0.278. The molecule has 1 saturated heterocycles. The molecule has 1 amide bonds. The summed E-state index contributed by atoms with van der Waals surface area (Å²) in [6.45, 7) is 1.61. The maximum Gasteiger partial charge on any atom is 0.434 e. The smallest absolute Gasteiger partial charge is 0.345 e. The van der Waals surface area contributed by atoms with E-state index < -0.39 is 23.3 Å². The molecular weight excluding hydrogens is 427 g/mol. The summed E-state index contributed by atoms with van der Waals surface area (Å²) in [7, 11) is 0. The predicted molar refractivity (Wildman–Crippen MR) is 104 cm³/mol. The number of piperazine rings is 1. The molecule has 1 fully saturated rings. The number of alkyl halides is 3. The van der Waals surface area contributed by atoms with Crippen LogP contribution >= 0.6 is 22.9 Å². The molecule has 11 heteroatoms. The summed E-state index contributed by atoms with van der Waals surface area (Å²) in [5.41, 5.74) is -1.44. The number of rotatable bonds is 3. The van der Waals surface area contributed by atoms with Gasteiger partial charge in [-0.1, -0.05) is 17.7 Å². The fourth-order valence-corrected chi connectivity index (χ4v) is 4.11. The molecule has 0 radical (unpaired) electrons. The largest absolute Gasteiger partial charge is 0.434 e. The van der Waals surface area contributed by atoms with Gasteiger partial charge in [-0.25, -0.2) is 9.67 Å². The maximum absolute atomic E-state index is 13.8. The standard InChI is InChI=1S/C18H15ClF3N5OS/c19-12-2-1-3-13(10-12)27-15(18(20,21)22)14(11-24-27)16(28)25-5-7-26(8-6-25)17-23-4-9-29-17/h1-4,9-11H,5-8H2. The van der Waals surface area contributed by atoms with Crippen molar-refractivity contribution in [1.82, 2.24) is 19.7 Å². The second-order valence-corrected chi connectivity index (χ2v) is 7.70. The van der Waals surface area contributed by atoms with Gasteiger partial charge in [0.15, 0.2) is 10.8 Å². The zero-order chi connectivity index (χ0) is 20.6. The molecule has 152 valence electrons. The SMILES string of the molecule is O=C(c1cnn(-c2cccc(Cl)c2)c1C(F)(F)F)N1CCN(c2nccs2)CC1. The molecule has 1 aliphatic rings. The minimum atomic E-state index is -4.76.